The second-order valence-corrected chi connectivity index (χ2v) is 5.07. The topological polar surface area (TPSA) is 87.7 Å². The lowest BCUT2D eigenvalue weighted by atomic mass is 10.0. The fraction of sp³-hybridized carbons (Fsp3) is 0.467. The van der Waals surface area contributed by atoms with Crippen molar-refractivity contribution in [1.29, 1.82) is 0 Å². The van der Waals surface area contributed by atoms with Crippen molar-refractivity contribution in [3.05, 3.63) is 35.4 Å². The van der Waals surface area contributed by atoms with Crippen LogP contribution in [0.5, 0.6) is 0 Å². The third kappa shape index (κ3) is 3.80. The Bertz CT molecular complexity index is 518. The van der Waals surface area contributed by atoms with Gasteiger partial charge >= 0.3 is 5.97 Å². The summed E-state index contributed by atoms with van der Waals surface area (Å²) in [6, 6.07) is 6.88. The summed E-state index contributed by atoms with van der Waals surface area (Å²) in [5.74, 6) is -1.87. The maximum Gasteiger partial charge on any atom is 0.311 e. The van der Waals surface area contributed by atoms with E-state index < -0.39 is 17.9 Å². The molecule has 0 radical (unpaired) electrons. The molecule has 1 aliphatic rings. The van der Waals surface area contributed by atoms with Gasteiger partial charge in [0, 0.05) is 5.56 Å². The zero-order chi connectivity index (χ0) is 15.2. The maximum absolute atomic E-state index is 12.4. The van der Waals surface area contributed by atoms with Gasteiger partial charge in [0.1, 0.15) is 5.92 Å². The zero-order valence-electron chi connectivity index (χ0n) is 12.0. The van der Waals surface area contributed by atoms with Crippen LogP contribution < -0.4 is 10.6 Å². The summed E-state index contributed by atoms with van der Waals surface area (Å²) in [6.45, 7) is 1.15. The molecule has 0 saturated carbocycles. The molecule has 1 saturated heterocycles. The molecule has 0 spiro atoms. The molecular formula is C15H20N2O4. The van der Waals surface area contributed by atoms with Gasteiger partial charge in [-0.15, -0.1) is 0 Å². The Kier molecular flexibility index (Phi) is 5.30. The van der Waals surface area contributed by atoms with Gasteiger partial charge in [0.2, 0.25) is 0 Å². The molecular weight excluding hydrogens is 272 g/mol. The minimum absolute atomic E-state index is 0.141. The first kappa shape index (κ1) is 15.5. The van der Waals surface area contributed by atoms with E-state index in [1.807, 2.05) is 19.2 Å². The summed E-state index contributed by atoms with van der Waals surface area (Å²) in [4.78, 5) is 23.5. The van der Waals surface area contributed by atoms with Gasteiger partial charge in [-0.1, -0.05) is 18.2 Å². The lowest BCUT2D eigenvalue weighted by Gasteiger charge is -2.17. The first-order valence-electron chi connectivity index (χ1n) is 6.97. The highest BCUT2D eigenvalue weighted by molar-refractivity contribution is 5.96. The van der Waals surface area contributed by atoms with E-state index in [0.29, 0.717) is 5.56 Å². The third-order valence-electron chi connectivity index (χ3n) is 3.62. The minimum Gasteiger partial charge on any atom is -0.481 e. The second kappa shape index (κ2) is 7.19. The fourth-order valence-corrected chi connectivity index (χ4v) is 2.41. The van der Waals surface area contributed by atoms with E-state index in [4.69, 9.17) is 9.84 Å². The van der Waals surface area contributed by atoms with Crippen LogP contribution >= 0.6 is 0 Å². The molecule has 1 fully saturated rings. The highest BCUT2D eigenvalue weighted by atomic mass is 16.5. The number of hydrogen-bond acceptors (Lipinski definition) is 4. The van der Waals surface area contributed by atoms with Gasteiger partial charge in [0.15, 0.2) is 0 Å². The predicted octanol–water partition coefficient (Wildman–Crippen LogP) is 0.278. The molecule has 6 heteroatoms. The van der Waals surface area contributed by atoms with Crippen molar-refractivity contribution >= 4 is 11.9 Å². The van der Waals surface area contributed by atoms with Gasteiger partial charge in [-0.05, 0) is 31.6 Å². The Hall–Kier alpha value is -1.92. The summed E-state index contributed by atoms with van der Waals surface area (Å²) >= 11 is 0. The van der Waals surface area contributed by atoms with Crippen LogP contribution in [0.3, 0.4) is 0 Å². The highest BCUT2D eigenvalue weighted by Gasteiger charge is 2.35. The number of ether oxygens (including phenoxy) is 1. The van der Waals surface area contributed by atoms with E-state index in [0.717, 1.165) is 18.5 Å². The summed E-state index contributed by atoms with van der Waals surface area (Å²) in [6.07, 6.45) is 0.740. The molecule has 1 amide bonds. The minimum atomic E-state index is -0.943. The van der Waals surface area contributed by atoms with E-state index in [2.05, 4.69) is 10.6 Å². The first-order chi connectivity index (χ1) is 10.1. The Labute approximate surface area is 123 Å². The van der Waals surface area contributed by atoms with E-state index in [-0.39, 0.29) is 19.1 Å². The van der Waals surface area contributed by atoms with Gasteiger partial charge in [0.25, 0.3) is 5.91 Å². The molecule has 6 nitrogen and oxygen atoms in total. The summed E-state index contributed by atoms with van der Waals surface area (Å²) in [5, 5.41) is 14.9. The normalized spacial score (nSPS) is 21.2. The standard InChI is InChI=1S/C15H20N2O4/c1-16-7-6-10-4-2-3-5-11(10)14(18)17-13-9-21-8-12(13)15(19)20/h2-5,12-13,16H,6-9H2,1H3,(H,17,18)(H,19,20). The van der Waals surface area contributed by atoms with Crippen LogP contribution in [0, 0.1) is 5.92 Å². The van der Waals surface area contributed by atoms with Crippen molar-refractivity contribution in [2.24, 2.45) is 5.92 Å². The average molecular weight is 292 g/mol. The van der Waals surface area contributed by atoms with Crippen molar-refractivity contribution < 1.29 is 19.4 Å². The lowest BCUT2D eigenvalue weighted by Crippen LogP contribution is -2.43. The van der Waals surface area contributed by atoms with Gasteiger partial charge in [-0.3, -0.25) is 9.59 Å². The molecule has 2 rings (SSSR count). The molecule has 1 aliphatic heterocycles. The Morgan fingerprint density at radius 3 is 2.81 bits per heavy atom. The number of aliphatic carboxylic acids is 1. The zero-order valence-corrected chi connectivity index (χ0v) is 12.0. The molecule has 0 aromatic heterocycles. The first-order valence-corrected chi connectivity index (χ1v) is 6.97. The molecule has 2 atom stereocenters. The van der Waals surface area contributed by atoms with Gasteiger partial charge in [-0.25, -0.2) is 0 Å². The van der Waals surface area contributed by atoms with Crippen molar-refractivity contribution in [3.63, 3.8) is 0 Å². The predicted molar refractivity (Wildman–Crippen MR) is 77.3 cm³/mol. The number of likely N-dealkylation sites (N-methyl/N-ethyl adjacent to an activating group) is 1. The number of hydrogen-bond donors (Lipinski definition) is 3. The van der Waals surface area contributed by atoms with Gasteiger partial charge in [0.05, 0.1) is 19.3 Å². The largest absolute Gasteiger partial charge is 0.481 e. The van der Waals surface area contributed by atoms with Crippen LogP contribution in [0.2, 0.25) is 0 Å². The number of carboxylic acid groups (broad SMARTS) is 1. The number of carbonyl (C=O) groups excluding carboxylic acids is 1. The summed E-state index contributed by atoms with van der Waals surface area (Å²) in [5.41, 5.74) is 1.53. The van der Waals surface area contributed by atoms with Gasteiger partial charge in [-0.2, -0.15) is 0 Å². The molecule has 21 heavy (non-hydrogen) atoms. The summed E-state index contributed by atoms with van der Waals surface area (Å²) < 4.78 is 5.16. The van der Waals surface area contributed by atoms with Crippen LogP contribution in [0.1, 0.15) is 15.9 Å². The van der Waals surface area contributed by atoms with Crippen LogP contribution in [-0.4, -0.2) is 49.8 Å². The van der Waals surface area contributed by atoms with Crippen LogP contribution in [0.25, 0.3) is 0 Å². The van der Waals surface area contributed by atoms with Gasteiger partial charge < -0.3 is 20.5 Å². The molecule has 2 unspecified atom stereocenters. The number of amides is 1. The van der Waals surface area contributed by atoms with Crippen LogP contribution in [0.15, 0.2) is 24.3 Å². The quantitative estimate of drug-likeness (QED) is 0.701. The SMILES string of the molecule is CNCCc1ccccc1C(=O)NC1COCC1C(=O)O. The second-order valence-electron chi connectivity index (χ2n) is 5.07. The van der Waals surface area contributed by atoms with Crippen LogP contribution in [0.4, 0.5) is 0 Å². The molecule has 1 aromatic carbocycles. The maximum atomic E-state index is 12.4. The molecule has 3 N–H and O–H groups in total. The van der Waals surface area contributed by atoms with Crippen molar-refractivity contribution in [1.82, 2.24) is 10.6 Å². The third-order valence-corrected chi connectivity index (χ3v) is 3.62. The number of nitrogens with one attached hydrogen (secondary N) is 2. The fourth-order valence-electron chi connectivity index (χ4n) is 2.41. The number of carbonyl (C=O) groups is 2. The molecule has 1 heterocycles. The smallest absolute Gasteiger partial charge is 0.311 e. The van der Waals surface area contributed by atoms with E-state index in [1.165, 1.54) is 0 Å². The van der Waals surface area contributed by atoms with Crippen LogP contribution in [-0.2, 0) is 16.0 Å². The Morgan fingerprint density at radius 2 is 2.10 bits per heavy atom. The summed E-state index contributed by atoms with van der Waals surface area (Å²) in [7, 11) is 1.86. The molecule has 1 aromatic rings. The molecule has 0 bridgehead atoms. The average Bonchev–Trinajstić information content (AvgIpc) is 2.93. The van der Waals surface area contributed by atoms with E-state index >= 15 is 0 Å². The van der Waals surface area contributed by atoms with Crippen molar-refractivity contribution in [2.75, 3.05) is 26.8 Å². The Balaban J connectivity index is 2.08. The van der Waals surface area contributed by atoms with Crippen molar-refractivity contribution in [2.45, 2.75) is 12.5 Å². The monoisotopic (exact) mass is 292 g/mol. The number of benzene rings is 1. The van der Waals surface area contributed by atoms with Crippen molar-refractivity contribution in [3.8, 4) is 0 Å². The van der Waals surface area contributed by atoms with E-state index in [1.54, 1.807) is 12.1 Å². The molecule has 0 aliphatic carbocycles. The number of carboxylic acids is 1. The molecule has 114 valence electrons. The Morgan fingerprint density at radius 1 is 1.33 bits per heavy atom. The lowest BCUT2D eigenvalue weighted by molar-refractivity contribution is -0.142. The highest BCUT2D eigenvalue weighted by Crippen LogP contribution is 2.16. The van der Waals surface area contributed by atoms with E-state index in [9.17, 15) is 9.59 Å². The number of rotatable bonds is 6.